The summed E-state index contributed by atoms with van der Waals surface area (Å²) in [6.45, 7) is 2.02. The molecule has 0 aliphatic heterocycles. The summed E-state index contributed by atoms with van der Waals surface area (Å²) in [5.41, 5.74) is 1.81. The molecule has 0 saturated heterocycles. The molecule has 2 rings (SSSR count). The lowest BCUT2D eigenvalue weighted by Gasteiger charge is -2.18. The first-order valence-electron chi connectivity index (χ1n) is 5.64. The van der Waals surface area contributed by atoms with Crippen LogP contribution >= 0.6 is 43.5 Å². The number of rotatable bonds is 3. The third-order valence-corrected chi connectivity index (χ3v) is 4.19. The molecule has 0 amide bonds. The minimum Gasteiger partial charge on any atom is -0.376 e. The number of nitrogens with one attached hydrogen (secondary N) is 1. The normalized spacial score (nSPS) is 12.3. The van der Waals surface area contributed by atoms with Crippen LogP contribution in [0.25, 0.3) is 0 Å². The lowest BCUT2D eigenvalue weighted by atomic mass is 10.1. The molecule has 100 valence electrons. The molecule has 1 unspecified atom stereocenters. The van der Waals surface area contributed by atoms with Crippen LogP contribution in [0.1, 0.15) is 18.5 Å². The molecule has 0 fully saturated rings. The Morgan fingerprint density at radius 3 is 2.37 bits per heavy atom. The van der Waals surface area contributed by atoms with Crippen molar-refractivity contribution in [2.45, 2.75) is 13.0 Å². The molecule has 1 N–H and O–H groups in total. The van der Waals surface area contributed by atoms with Gasteiger partial charge in [0.05, 0.1) is 10.7 Å². The Morgan fingerprint density at radius 2 is 1.79 bits per heavy atom. The molecule has 1 atom stereocenters. The predicted molar refractivity (Wildman–Crippen MR) is 85.3 cm³/mol. The van der Waals surface area contributed by atoms with Crippen LogP contribution in [0.3, 0.4) is 0 Å². The van der Waals surface area contributed by atoms with Crippen LogP contribution in [0.4, 0.5) is 10.1 Å². The minimum absolute atomic E-state index is 0.0624. The summed E-state index contributed by atoms with van der Waals surface area (Å²) in [5.74, 6) is -0.362. The van der Waals surface area contributed by atoms with Gasteiger partial charge in [-0.3, -0.25) is 0 Å². The number of halogens is 4. The summed E-state index contributed by atoms with van der Waals surface area (Å²) in [6.07, 6.45) is 0. The topological polar surface area (TPSA) is 12.0 Å². The monoisotopic (exact) mass is 405 g/mol. The Labute approximate surface area is 133 Å². The molecule has 2 aromatic carbocycles. The fraction of sp³-hybridized carbons (Fsp3) is 0.143. The molecule has 0 radical (unpaired) electrons. The first kappa shape index (κ1) is 14.8. The van der Waals surface area contributed by atoms with Crippen LogP contribution in [0, 0.1) is 5.82 Å². The third kappa shape index (κ3) is 3.71. The zero-order valence-corrected chi connectivity index (χ0v) is 14.0. The van der Waals surface area contributed by atoms with E-state index in [2.05, 4.69) is 37.2 Å². The van der Waals surface area contributed by atoms with Gasteiger partial charge in [0.1, 0.15) is 5.82 Å². The fourth-order valence-corrected chi connectivity index (χ4v) is 2.92. The Morgan fingerprint density at radius 1 is 1.16 bits per heavy atom. The summed E-state index contributed by atoms with van der Waals surface area (Å²) in [4.78, 5) is 0. The summed E-state index contributed by atoms with van der Waals surface area (Å²) >= 11 is 12.8. The van der Waals surface area contributed by atoms with E-state index < -0.39 is 0 Å². The molecule has 0 spiro atoms. The Kier molecular flexibility index (Phi) is 4.87. The van der Waals surface area contributed by atoms with E-state index in [1.807, 2.05) is 31.2 Å². The lowest BCUT2D eigenvalue weighted by molar-refractivity contribution is 0.627. The molecule has 0 aliphatic rings. The Hall–Kier alpha value is -0.580. The molecule has 1 nitrogen and oxygen atoms in total. The number of hydrogen-bond donors (Lipinski definition) is 1. The highest BCUT2D eigenvalue weighted by atomic mass is 79.9. The van der Waals surface area contributed by atoms with Crippen molar-refractivity contribution >= 4 is 49.1 Å². The number of benzene rings is 2. The van der Waals surface area contributed by atoms with Gasteiger partial charge in [0.15, 0.2) is 0 Å². The largest absolute Gasteiger partial charge is 0.376 e. The highest BCUT2D eigenvalue weighted by Gasteiger charge is 2.12. The van der Waals surface area contributed by atoms with Gasteiger partial charge in [-0.1, -0.05) is 39.7 Å². The Bertz CT molecular complexity index is 563. The van der Waals surface area contributed by atoms with Crippen LogP contribution in [-0.4, -0.2) is 0 Å². The van der Waals surface area contributed by atoms with E-state index in [0.717, 1.165) is 10.0 Å². The van der Waals surface area contributed by atoms with E-state index in [4.69, 9.17) is 11.6 Å². The van der Waals surface area contributed by atoms with Crippen molar-refractivity contribution in [3.8, 4) is 0 Å². The average molecular weight is 408 g/mol. The first-order chi connectivity index (χ1) is 8.97. The van der Waals surface area contributed by atoms with Crippen LogP contribution in [0.5, 0.6) is 0 Å². The molecule has 0 heterocycles. The van der Waals surface area contributed by atoms with E-state index in [1.165, 1.54) is 12.1 Å². The molecular weight excluding hydrogens is 396 g/mol. The van der Waals surface area contributed by atoms with Gasteiger partial charge in [0, 0.05) is 15.0 Å². The van der Waals surface area contributed by atoms with Gasteiger partial charge in [-0.25, -0.2) is 4.39 Å². The van der Waals surface area contributed by atoms with E-state index in [0.29, 0.717) is 15.2 Å². The fourth-order valence-electron chi connectivity index (χ4n) is 1.73. The molecule has 0 bridgehead atoms. The molecule has 0 aliphatic carbocycles. The van der Waals surface area contributed by atoms with Gasteiger partial charge >= 0.3 is 0 Å². The standard InChI is InChI=1S/C14H11Br2ClFN/c1-8(9-2-4-10(15)5-3-9)19-14-12(16)6-11(18)7-13(14)17/h2-8,19H,1H3. The second kappa shape index (κ2) is 6.25. The third-order valence-electron chi connectivity index (χ3n) is 2.74. The number of anilines is 1. The van der Waals surface area contributed by atoms with Crippen LogP contribution in [0.15, 0.2) is 45.3 Å². The van der Waals surface area contributed by atoms with E-state index >= 15 is 0 Å². The SMILES string of the molecule is CC(Nc1c(Cl)cc(F)cc1Br)c1ccc(Br)cc1. The maximum Gasteiger partial charge on any atom is 0.125 e. The summed E-state index contributed by atoms with van der Waals surface area (Å²) in [6, 6.07) is 10.8. The van der Waals surface area contributed by atoms with Crippen LogP contribution < -0.4 is 5.32 Å². The summed E-state index contributed by atoms with van der Waals surface area (Å²) in [7, 11) is 0. The second-order valence-corrected chi connectivity index (χ2v) is 6.34. The molecule has 2 aromatic rings. The number of hydrogen-bond acceptors (Lipinski definition) is 1. The summed E-state index contributed by atoms with van der Waals surface area (Å²) < 4.78 is 14.8. The first-order valence-corrected chi connectivity index (χ1v) is 7.60. The minimum atomic E-state index is -0.362. The molecule has 0 aromatic heterocycles. The van der Waals surface area contributed by atoms with Crippen molar-refractivity contribution in [1.82, 2.24) is 0 Å². The van der Waals surface area contributed by atoms with Gasteiger partial charge in [0.25, 0.3) is 0 Å². The zero-order chi connectivity index (χ0) is 14.0. The summed E-state index contributed by atoms with van der Waals surface area (Å²) in [5, 5.41) is 3.64. The highest BCUT2D eigenvalue weighted by Crippen LogP contribution is 2.34. The zero-order valence-electron chi connectivity index (χ0n) is 10.1. The smallest absolute Gasteiger partial charge is 0.125 e. The lowest BCUT2D eigenvalue weighted by Crippen LogP contribution is -2.07. The van der Waals surface area contributed by atoms with Crippen molar-refractivity contribution < 1.29 is 4.39 Å². The second-order valence-electron chi connectivity index (χ2n) is 4.16. The van der Waals surface area contributed by atoms with E-state index in [-0.39, 0.29) is 11.9 Å². The van der Waals surface area contributed by atoms with Crippen molar-refractivity contribution in [1.29, 1.82) is 0 Å². The molecule has 5 heteroatoms. The molecular formula is C14H11Br2ClFN. The van der Waals surface area contributed by atoms with Crippen LogP contribution in [0.2, 0.25) is 5.02 Å². The van der Waals surface area contributed by atoms with Gasteiger partial charge < -0.3 is 5.32 Å². The van der Waals surface area contributed by atoms with E-state index in [9.17, 15) is 4.39 Å². The molecule has 0 saturated carbocycles. The quantitative estimate of drug-likeness (QED) is 0.641. The maximum absolute atomic E-state index is 13.2. The van der Waals surface area contributed by atoms with Gasteiger partial charge in [0.2, 0.25) is 0 Å². The predicted octanol–water partition coefficient (Wildman–Crippen LogP) is 6.18. The van der Waals surface area contributed by atoms with Gasteiger partial charge in [-0.2, -0.15) is 0 Å². The van der Waals surface area contributed by atoms with Crippen molar-refractivity contribution in [2.75, 3.05) is 5.32 Å². The maximum atomic E-state index is 13.2. The van der Waals surface area contributed by atoms with Crippen molar-refractivity contribution in [3.05, 3.63) is 61.7 Å². The van der Waals surface area contributed by atoms with Crippen LogP contribution in [-0.2, 0) is 0 Å². The van der Waals surface area contributed by atoms with E-state index in [1.54, 1.807) is 0 Å². The Balaban J connectivity index is 2.24. The average Bonchev–Trinajstić information content (AvgIpc) is 2.34. The van der Waals surface area contributed by atoms with Gasteiger partial charge in [-0.15, -0.1) is 0 Å². The highest BCUT2D eigenvalue weighted by molar-refractivity contribution is 9.10. The molecule has 19 heavy (non-hydrogen) atoms. The van der Waals surface area contributed by atoms with Gasteiger partial charge in [-0.05, 0) is 52.7 Å². The van der Waals surface area contributed by atoms with Crippen molar-refractivity contribution in [3.63, 3.8) is 0 Å². The van der Waals surface area contributed by atoms with Crippen molar-refractivity contribution in [2.24, 2.45) is 0 Å².